The lowest BCUT2D eigenvalue weighted by Crippen LogP contribution is -2.14. The highest BCUT2D eigenvalue weighted by Gasteiger charge is 2.32. The molecule has 0 radical (unpaired) electrons. The Morgan fingerprint density at radius 2 is 1.97 bits per heavy atom. The first-order valence-electron chi connectivity index (χ1n) is 9.42. The van der Waals surface area contributed by atoms with E-state index in [1.165, 1.54) is 4.88 Å². The topological polar surface area (TPSA) is 69.4 Å². The van der Waals surface area contributed by atoms with E-state index in [9.17, 15) is 4.79 Å². The van der Waals surface area contributed by atoms with Crippen molar-refractivity contribution in [3.05, 3.63) is 62.5 Å². The van der Waals surface area contributed by atoms with Gasteiger partial charge in [-0.05, 0) is 38.5 Å². The standard InChI is InChI=1S/C20H20BClN4O2S/c1-10-11(2)29-20-17(10)18(13-5-7-14(22)8-6-13)23-15(9-16(27)28-21-4)19-25-24-12(3)26(19)20/h5-8,15,21H,9H2,1-4H3/t15-/m0/s1. The molecule has 3 heterocycles. The summed E-state index contributed by atoms with van der Waals surface area (Å²) >= 11 is 7.79. The molecule has 0 bridgehead atoms. The summed E-state index contributed by atoms with van der Waals surface area (Å²) in [4.78, 5) is 18.5. The summed E-state index contributed by atoms with van der Waals surface area (Å²) in [6.45, 7) is 7.91. The van der Waals surface area contributed by atoms with Gasteiger partial charge in [0, 0.05) is 21.0 Å². The predicted molar refractivity (Wildman–Crippen MR) is 117 cm³/mol. The van der Waals surface area contributed by atoms with E-state index >= 15 is 0 Å². The van der Waals surface area contributed by atoms with Crippen molar-refractivity contribution in [3.8, 4) is 5.00 Å². The van der Waals surface area contributed by atoms with Crippen LogP contribution in [0.3, 0.4) is 0 Å². The Labute approximate surface area is 178 Å². The Morgan fingerprint density at radius 1 is 1.24 bits per heavy atom. The lowest BCUT2D eigenvalue weighted by atomic mass is 9.99. The fourth-order valence-corrected chi connectivity index (χ4v) is 4.85. The van der Waals surface area contributed by atoms with Crippen LogP contribution in [0, 0.1) is 20.8 Å². The Morgan fingerprint density at radius 3 is 2.66 bits per heavy atom. The molecular weight excluding hydrogens is 407 g/mol. The fraction of sp³-hybridized carbons (Fsp3) is 0.300. The quantitative estimate of drug-likeness (QED) is 0.588. The van der Waals surface area contributed by atoms with Gasteiger partial charge in [-0.15, -0.1) is 21.5 Å². The zero-order chi connectivity index (χ0) is 20.7. The van der Waals surface area contributed by atoms with Crippen LogP contribution in [0.25, 0.3) is 5.00 Å². The summed E-state index contributed by atoms with van der Waals surface area (Å²) in [6.07, 6.45) is 0.107. The molecule has 0 saturated carbocycles. The van der Waals surface area contributed by atoms with Gasteiger partial charge < -0.3 is 4.65 Å². The molecule has 0 aliphatic carbocycles. The van der Waals surface area contributed by atoms with E-state index in [1.54, 1.807) is 18.2 Å². The van der Waals surface area contributed by atoms with Crippen LogP contribution in [0.2, 0.25) is 11.8 Å². The molecule has 6 nitrogen and oxygen atoms in total. The van der Waals surface area contributed by atoms with E-state index in [0.29, 0.717) is 18.3 Å². The first kappa shape index (κ1) is 19.9. The molecule has 29 heavy (non-hydrogen) atoms. The highest BCUT2D eigenvalue weighted by molar-refractivity contribution is 7.15. The van der Waals surface area contributed by atoms with Gasteiger partial charge in [0.1, 0.15) is 16.9 Å². The normalized spacial score (nSPS) is 15.2. The molecule has 0 unspecified atom stereocenters. The number of hydrogen-bond donors (Lipinski definition) is 0. The minimum absolute atomic E-state index is 0.107. The van der Waals surface area contributed by atoms with Gasteiger partial charge in [-0.25, -0.2) is 0 Å². The zero-order valence-electron chi connectivity index (χ0n) is 16.7. The minimum atomic E-state index is -0.486. The van der Waals surface area contributed by atoms with Crippen molar-refractivity contribution in [2.45, 2.75) is 40.1 Å². The van der Waals surface area contributed by atoms with E-state index in [0.717, 1.165) is 33.2 Å². The van der Waals surface area contributed by atoms with Crippen LogP contribution in [0.4, 0.5) is 0 Å². The Balaban J connectivity index is 1.96. The maximum absolute atomic E-state index is 12.3. The zero-order valence-corrected chi connectivity index (χ0v) is 18.3. The van der Waals surface area contributed by atoms with Crippen molar-refractivity contribution in [2.24, 2.45) is 4.99 Å². The molecule has 0 amide bonds. The highest BCUT2D eigenvalue weighted by atomic mass is 35.5. The summed E-state index contributed by atoms with van der Waals surface area (Å²) in [7, 11) is 0.330. The van der Waals surface area contributed by atoms with Crippen LogP contribution in [-0.4, -0.2) is 33.9 Å². The van der Waals surface area contributed by atoms with Crippen LogP contribution in [0.1, 0.15) is 45.7 Å². The Bertz CT molecular complexity index is 1120. The molecule has 2 aromatic heterocycles. The summed E-state index contributed by atoms with van der Waals surface area (Å²) in [6, 6.07) is 7.13. The van der Waals surface area contributed by atoms with Crippen LogP contribution in [-0.2, 0) is 9.45 Å². The lowest BCUT2D eigenvalue weighted by Gasteiger charge is -2.12. The molecule has 0 saturated heterocycles. The third-order valence-corrected chi connectivity index (χ3v) is 6.47. The average molecular weight is 427 g/mol. The number of carbonyl (C=O) groups is 1. The summed E-state index contributed by atoms with van der Waals surface area (Å²) < 4.78 is 7.21. The molecule has 1 atom stereocenters. The van der Waals surface area contributed by atoms with E-state index in [1.807, 2.05) is 35.8 Å². The van der Waals surface area contributed by atoms with Gasteiger partial charge >= 0.3 is 7.48 Å². The monoisotopic (exact) mass is 426 g/mol. The molecule has 9 heteroatoms. The maximum Gasteiger partial charge on any atom is 0.340 e. The van der Waals surface area contributed by atoms with Gasteiger partial charge in [-0.3, -0.25) is 14.4 Å². The summed E-state index contributed by atoms with van der Waals surface area (Å²) in [5, 5.41) is 10.3. The number of hydrogen-bond acceptors (Lipinski definition) is 6. The third-order valence-electron chi connectivity index (χ3n) is 5.02. The predicted octanol–water partition coefficient (Wildman–Crippen LogP) is 4.13. The number of rotatable bonds is 4. The molecular formula is C20H20BClN4O2S. The van der Waals surface area contributed by atoms with Crippen molar-refractivity contribution < 1.29 is 9.45 Å². The molecule has 1 aliphatic heterocycles. The molecule has 1 aromatic carbocycles. The molecule has 0 N–H and O–H groups in total. The van der Waals surface area contributed by atoms with Crippen LogP contribution in [0.15, 0.2) is 29.3 Å². The van der Waals surface area contributed by atoms with Crippen LogP contribution < -0.4 is 0 Å². The highest BCUT2D eigenvalue weighted by Crippen LogP contribution is 2.39. The molecule has 0 fully saturated rings. The smallest absolute Gasteiger partial charge is 0.340 e. The van der Waals surface area contributed by atoms with Gasteiger partial charge in [0.2, 0.25) is 0 Å². The molecule has 3 aromatic rings. The second kappa shape index (κ2) is 7.76. The van der Waals surface area contributed by atoms with Crippen LogP contribution in [0.5, 0.6) is 0 Å². The van der Waals surface area contributed by atoms with Crippen molar-refractivity contribution in [3.63, 3.8) is 0 Å². The van der Waals surface area contributed by atoms with E-state index in [-0.39, 0.29) is 12.4 Å². The van der Waals surface area contributed by atoms with E-state index in [4.69, 9.17) is 21.2 Å². The SMILES string of the molecule is CBOC(=O)C[C@@H]1N=C(c2ccc(Cl)cc2)c2c(sc(C)c2C)-n2c(C)nnc21. The van der Waals surface area contributed by atoms with Gasteiger partial charge in [-0.2, -0.15) is 0 Å². The van der Waals surface area contributed by atoms with Crippen molar-refractivity contribution in [2.75, 3.05) is 0 Å². The second-order valence-electron chi connectivity index (χ2n) is 6.91. The number of halogens is 1. The number of fused-ring (bicyclic) bond motifs is 3. The Hall–Kier alpha value is -2.45. The fourth-order valence-electron chi connectivity index (χ4n) is 3.51. The van der Waals surface area contributed by atoms with E-state index < -0.39 is 6.04 Å². The van der Waals surface area contributed by atoms with Gasteiger partial charge in [-0.1, -0.05) is 30.6 Å². The largest absolute Gasteiger partial charge is 0.540 e. The molecule has 0 spiro atoms. The number of aryl methyl sites for hydroxylation is 2. The molecule has 1 aliphatic rings. The number of aliphatic imine (C=N–C) groups is 1. The van der Waals surface area contributed by atoms with Crippen molar-refractivity contribution in [1.82, 2.24) is 14.8 Å². The number of carbonyl (C=O) groups excluding carboxylic acids is 1. The minimum Gasteiger partial charge on any atom is -0.540 e. The summed E-state index contributed by atoms with van der Waals surface area (Å²) in [5.41, 5.74) is 3.99. The Kier molecular flexibility index (Phi) is 5.31. The number of thiophene rings is 1. The summed E-state index contributed by atoms with van der Waals surface area (Å²) in [5.74, 6) is 1.12. The third kappa shape index (κ3) is 3.51. The van der Waals surface area contributed by atoms with E-state index in [2.05, 4.69) is 24.0 Å². The maximum atomic E-state index is 12.3. The first-order chi connectivity index (χ1) is 13.9. The number of benzene rings is 1. The molecule has 148 valence electrons. The average Bonchev–Trinajstić information content (AvgIpc) is 3.15. The van der Waals surface area contributed by atoms with Gasteiger partial charge in [0.05, 0.1) is 12.1 Å². The van der Waals surface area contributed by atoms with Gasteiger partial charge in [0.15, 0.2) is 5.82 Å². The van der Waals surface area contributed by atoms with Crippen molar-refractivity contribution >= 4 is 42.1 Å². The van der Waals surface area contributed by atoms with Crippen molar-refractivity contribution in [1.29, 1.82) is 0 Å². The number of nitrogens with zero attached hydrogens (tertiary/aromatic N) is 4. The lowest BCUT2D eigenvalue weighted by molar-refractivity contribution is -0.134. The number of aromatic nitrogens is 3. The first-order valence-corrected chi connectivity index (χ1v) is 10.6. The van der Waals surface area contributed by atoms with Crippen LogP contribution >= 0.6 is 22.9 Å². The van der Waals surface area contributed by atoms with Gasteiger partial charge in [0.25, 0.3) is 5.97 Å². The second-order valence-corrected chi connectivity index (χ2v) is 8.55. The molecule has 4 rings (SSSR count).